The van der Waals surface area contributed by atoms with Gasteiger partial charge < -0.3 is 10.1 Å². The highest BCUT2D eigenvalue weighted by Crippen LogP contribution is 2.36. The van der Waals surface area contributed by atoms with Gasteiger partial charge in [-0.05, 0) is 36.4 Å². The van der Waals surface area contributed by atoms with Crippen LogP contribution in [0.3, 0.4) is 0 Å². The molecular weight excluding hydrogens is 435 g/mol. The quantitative estimate of drug-likeness (QED) is 0.497. The second kappa shape index (κ2) is 9.46. The van der Waals surface area contributed by atoms with Gasteiger partial charge >= 0.3 is 12.2 Å². The number of nitrogens with one attached hydrogen (secondary N) is 2. The molecule has 0 saturated carbocycles. The van der Waals surface area contributed by atoms with Crippen LogP contribution < -0.4 is 15.4 Å². The van der Waals surface area contributed by atoms with Crippen molar-refractivity contribution in [3.63, 3.8) is 0 Å². The Morgan fingerprint density at radius 3 is 1.97 bits per heavy atom. The molecule has 10 heteroatoms. The number of ether oxygens (including phenoxy) is 1. The van der Waals surface area contributed by atoms with Gasteiger partial charge in [-0.1, -0.05) is 36.4 Å². The predicted octanol–water partition coefficient (Wildman–Crippen LogP) is 5.61. The number of amides is 3. The Labute approximate surface area is 178 Å². The van der Waals surface area contributed by atoms with Crippen LogP contribution in [0.4, 0.5) is 32.4 Å². The van der Waals surface area contributed by atoms with Crippen LogP contribution in [-0.4, -0.2) is 18.1 Å². The number of hydrogen-bond acceptors (Lipinski definition) is 3. The minimum absolute atomic E-state index is 0.0829. The largest absolute Gasteiger partial charge is 0.476 e. The van der Waals surface area contributed by atoms with Gasteiger partial charge in [0.25, 0.3) is 5.91 Å². The Balaban J connectivity index is 1.65. The van der Waals surface area contributed by atoms with E-state index in [0.29, 0.717) is 0 Å². The maximum atomic E-state index is 13.6. The number of halogens is 5. The van der Waals surface area contributed by atoms with Gasteiger partial charge in [-0.2, -0.15) is 13.2 Å². The first kappa shape index (κ1) is 22.7. The third-order valence-electron chi connectivity index (χ3n) is 4.18. The zero-order valence-electron chi connectivity index (χ0n) is 16.1. The van der Waals surface area contributed by atoms with Crippen molar-refractivity contribution < 1.29 is 36.3 Å². The smallest absolute Gasteiger partial charge is 0.429 e. The summed E-state index contributed by atoms with van der Waals surface area (Å²) in [7, 11) is 0. The maximum absolute atomic E-state index is 13.6. The molecule has 0 radical (unpaired) electrons. The summed E-state index contributed by atoms with van der Waals surface area (Å²) in [6.07, 6.45) is -6.86. The summed E-state index contributed by atoms with van der Waals surface area (Å²) in [6.45, 7) is 0. The van der Waals surface area contributed by atoms with Crippen molar-refractivity contribution in [1.29, 1.82) is 0 Å². The highest BCUT2D eigenvalue weighted by Gasteiger charge is 2.43. The molecule has 5 nitrogen and oxygen atoms in total. The van der Waals surface area contributed by atoms with Crippen LogP contribution in [0.25, 0.3) is 0 Å². The first-order valence-electron chi connectivity index (χ1n) is 9.10. The highest BCUT2D eigenvalue weighted by atomic mass is 19.4. The van der Waals surface area contributed by atoms with E-state index in [1.54, 1.807) is 11.4 Å². The Hall–Kier alpha value is -3.95. The van der Waals surface area contributed by atoms with Crippen LogP contribution >= 0.6 is 0 Å². The Kier molecular flexibility index (Phi) is 6.72. The van der Waals surface area contributed by atoms with Gasteiger partial charge in [-0.15, -0.1) is 0 Å². The summed E-state index contributed by atoms with van der Waals surface area (Å²) in [6, 6.07) is 13.6. The van der Waals surface area contributed by atoms with Crippen molar-refractivity contribution in [2.45, 2.75) is 12.3 Å². The second-order valence-corrected chi connectivity index (χ2v) is 6.48. The van der Waals surface area contributed by atoms with E-state index in [1.165, 1.54) is 48.5 Å². The number of carbonyl (C=O) groups is 2. The number of benzene rings is 3. The van der Waals surface area contributed by atoms with E-state index < -0.39 is 41.4 Å². The molecule has 0 bridgehead atoms. The van der Waals surface area contributed by atoms with E-state index in [1.807, 2.05) is 0 Å². The molecule has 0 saturated heterocycles. The van der Waals surface area contributed by atoms with E-state index in [2.05, 4.69) is 5.32 Å². The fourth-order valence-corrected chi connectivity index (χ4v) is 2.75. The number of rotatable bonds is 5. The molecule has 2 N–H and O–H groups in total. The highest BCUT2D eigenvalue weighted by molar-refractivity contribution is 6.08. The van der Waals surface area contributed by atoms with Gasteiger partial charge in [0.2, 0.25) is 6.10 Å². The number of imide groups is 1. The molecule has 32 heavy (non-hydrogen) atoms. The molecule has 1 unspecified atom stereocenters. The average molecular weight is 450 g/mol. The predicted molar refractivity (Wildman–Crippen MR) is 105 cm³/mol. The monoisotopic (exact) mass is 450 g/mol. The molecule has 1 atom stereocenters. The van der Waals surface area contributed by atoms with Gasteiger partial charge in [0.05, 0.1) is 0 Å². The van der Waals surface area contributed by atoms with Crippen molar-refractivity contribution in [2.75, 3.05) is 5.32 Å². The zero-order chi connectivity index (χ0) is 23.3. The minimum Gasteiger partial charge on any atom is -0.476 e. The van der Waals surface area contributed by atoms with Crippen LogP contribution in [-0.2, 0) is 0 Å². The van der Waals surface area contributed by atoms with E-state index in [-0.39, 0.29) is 17.0 Å². The lowest BCUT2D eigenvalue weighted by Crippen LogP contribution is -2.35. The van der Waals surface area contributed by atoms with E-state index in [4.69, 9.17) is 4.74 Å². The van der Waals surface area contributed by atoms with Gasteiger partial charge in [0.1, 0.15) is 22.9 Å². The molecule has 3 aromatic rings. The molecule has 0 aliphatic heterocycles. The van der Waals surface area contributed by atoms with Gasteiger partial charge in [0, 0.05) is 11.3 Å². The second-order valence-electron chi connectivity index (χ2n) is 6.48. The number of urea groups is 1. The zero-order valence-corrected chi connectivity index (χ0v) is 16.1. The van der Waals surface area contributed by atoms with Crippen LogP contribution in [0, 0.1) is 11.6 Å². The van der Waals surface area contributed by atoms with Gasteiger partial charge in [-0.3, -0.25) is 10.1 Å². The molecule has 0 aliphatic rings. The number of hydrogen-bond donors (Lipinski definition) is 2. The molecule has 166 valence electrons. The van der Waals surface area contributed by atoms with Gasteiger partial charge in [-0.25, -0.2) is 13.6 Å². The number of alkyl halides is 3. The Bertz CT molecular complexity index is 1080. The lowest BCUT2D eigenvalue weighted by atomic mass is 10.1. The lowest BCUT2D eigenvalue weighted by molar-refractivity contribution is -0.198. The third kappa shape index (κ3) is 5.60. The van der Waals surface area contributed by atoms with Crippen molar-refractivity contribution in [1.82, 2.24) is 5.32 Å². The van der Waals surface area contributed by atoms with Crippen molar-refractivity contribution in [3.8, 4) is 5.75 Å². The van der Waals surface area contributed by atoms with Crippen LogP contribution in [0.15, 0.2) is 72.8 Å². The van der Waals surface area contributed by atoms with Crippen LogP contribution in [0.1, 0.15) is 22.0 Å². The summed E-state index contributed by atoms with van der Waals surface area (Å²) >= 11 is 0. The molecule has 3 amide bonds. The summed E-state index contributed by atoms with van der Waals surface area (Å²) in [5.41, 5.74) is -0.911. The summed E-state index contributed by atoms with van der Waals surface area (Å²) in [4.78, 5) is 23.8. The fourth-order valence-electron chi connectivity index (χ4n) is 2.75. The molecule has 3 aromatic carbocycles. The molecule has 0 heterocycles. The number of anilines is 1. The molecule has 0 aromatic heterocycles. The van der Waals surface area contributed by atoms with Crippen molar-refractivity contribution >= 4 is 17.6 Å². The summed E-state index contributed by atoms with van der Waals surface area (Å²) in [5, 5.41) is 4.00. The molecular formula is C22H15F5N2O3. The minimum atomic E-state index is -4.67. The molecule has 3 rings (SSSR count). The van der Waals surface area contributed by atoms with Gasteiger partial charge in [0.15, 0.2) is 0 Å². The average Bonchev–Trinajstić information content (AvgIpc) is 2.72. The van der Waals surface area contributed by atoms with Crippen LogP contribution in [0.2, 0.25) is 0 Å². The maximum Gasteiger partial charge on any atom is 0.429 e. The van der Waals surface area contributed by atoms with E-state index in [0.717, 1.165) is 18.2 Å². The van der Waals surface area contributed by atoms with Crippen LogP contribution in [0.5, 0.6) is 5.75 Å². The Morgan fingerprint density at radius 2 is 1.41 bits per heavy atom. The van der Waals surface area contributed by atoms with Crippen molar-refractivity contribution in [3.05, 3.63) is 95.6 Å². The normalized spacial score (nSPS) is 12.0. The molecule has 0 fully saturated rings. The lowest BCUT2D eigenvalue weighted by Gasteiger charge is -2.22. The number of carbonyl (C=O) groups excluding carboxylic acids is 2. The first-order valence-corrected chi connectivity index (χ1v) is 9.10. The Morgan fingerprint density at radius 1 is 0.812 bits per heavy atom. The van der Waals surface area contributed by atoms with E-state index >= 15 is 0 Å². The van der Waals surface area contributed by atoms with E-state index in [9.17, 15) is 31.5 Å². The first-order chi connectivity index (χ1) is 15.1. The standard InChI is InChI=1S/C22H15F5N2O3/c23-16-7-4-8-17(24)18(16)20(30)29-21(31)28-14-9-11-15(12-10-14)32-19(22(25,26)27)13-5-2-1-3-6-13/h1-12,19H,(H2,28,29,30,31). The molecule has 0 aliphatic carbocycles. The van der Waals surface area contributed by atoms with Crippen molar-refractivity contribution in [2.24, 2.45) is 0 Å². The molecule has 0 spiro atoms. The SMILES string of the molecule is O=C(NC(=O)c1c(F)cccc1F)Nc1ccc(OC(c2ccccc2)C(F)(F)F)cc1. The summed E-state index contributed by atoms with van der Waals surface area (Å²) < 4.78 is 72.5. The third-order valence-corrected chi connectivity index (χ3v) is 4.18. The fraction of sp³-hybridized carbons (Fsp3) is 0.0909. The summed E-state index contributed by atoms with van der Waals surface area (Å²) in [5.74, 6) is -3.70. The topological polar surface area (TPSA) is 67.4 Å².